The molecule has 1 unspecified atom stereocenters. The number of hydrogen-bond acceptors (Lipinski definition) is 0. The Morgan fingerprint density at radius 2 is 1.79 bits per heavy atom. The summed E-state index contributed by atoms with van der Waals surface area (Å²) in [6.07, 6.45) is 11.5. The second-order valence-electron chi connectivity index (χ2n) is 5.42. The van der Waals surface area contributed by atoms with E-state index in [0.29, 0.717) is 5.41 Å². The molecule has 0 aromatic heterocycles. The van der Waals surface area contributed by atoms with Crippen LogP contribution >= 0.6 is 0 Å². The molecule has 0 bridgehead atoms. The van der Waals surface area contributed by atoms with Crippen LogP contribution in [0.15, 0.2) is 12.2 Å². The van der Waals surface area contributed by atoms with Crippen LogP contribution in [0.25, 0.3) is 0 Å². The van der Waals surface area contributed by atoms with Crippen molar-refractivity contribution in [3.8, 4) is 0 Å². The van der Waals surface area contributed by atoms with Crippen LogP contribution in [-0.4, -0.2) is 0 Å². The lowest BCUT2D eigenvalue weighted by Gasteiger charge is -2.14. The molecule has 0 aliphatic rings. The molecule has 0 rings (SSSR count). The van der Waals surface area contributed by atoms with Gasteiger partial charge >= 0.3 is 0 Å². The summed E-state index contributed by atoms with van der Waals surface area (Å²) in [6.45, 7) is 11.4. The van der Waals surface area contributed by atoms with Crippen LogP contribution in [0.1, 0.15) is 66.7 Å². The fourth-order valence-corrected chi connectivity index (χ4v) is 1.60. The van der Waals surface area contributed by atoms with Gasteiger partial charge in [0, 0.05) is 0 Å². The number of allylic oxidation sites excluding steroid dienone is 2. The highest BCUT2D eigenvalue weighted by molar-refractivity contribution is 4.92. The molecule has 0 saturated carbocycles. The minimum Gasteiger partial charge on any atom is -0.0877 e. The third-order valence-electron chi connectivity index (χ3n) is 2.63. The average Bonchev–Trinajstić information content (AvgIpc) is 2.09. The van der Waals surface area contributed by atoms with Gasteiger partial charge in [0.25, 0.3) is 0 Å². The molecule has 0 heterocycles. The molecule has 0 heteroatoms. The number of hydrogen-bond donors (Lipinski definition) is 0. The van der Waals surface area contributed by atoms with Gasteiger partial charge < -0.3 is 0 Å². The van der Waals surface area contributed by atoms with Gasteiger partial charge in [0.1, 0.15) is 0 Å². The van der Waals surface area contributed by atoms with Crippen molar-refractivity contribution in [2.24, 2.45) is 11.3 Å². The van der Waals surface area contributed by atoms with E-state index >= 15 is 0 Å². The second-order valence-corrected chi connectivity index (χ2v) is 5.42. The quantitative estimate of drug-likeness (QED) is 0.512. The standard InChI is InChI=1S/C14H28/c1-6-8-10-13(7-2)11-9-12-14(3,4)5/h9,12-13H,6-8,10-11H2,1-5H3. The Balaban J connectivity index is 3.77. The topological polar surface area (TPSA) is 0 Å². The fourth-order valence-electron chi connectivity index (χ4n) is 1.60. The van der Waals surface area contributed by atoms with Gasteiger partial charge in [-0.1, -0.05) is 72.5 Å². The molecule has 0 radical (unpaired) electrons. The van der Waals surface area contributed by atoms with E-state index in [2.05, 4.69) is 46.8 Å². The van der Waals surface area contributed by atoms with Crippen molar-refractivity contribution in [2.45, 2.75) is 66.7 Å². The maximum atomic E-state index is 2.38. The second kappa shape index (κ2) is 7.09. The smallest absolute Gasteiger partial charge is 0.0203 e. The lowest BCUT2D eigenvalue weighted by Crippen LogP contribution is -2.01. The maximum absolute atomic E-state index is 2.38. The van der Waals surface area contributed by atoms with E-state index in [4.69, 9.17) is 0 Å². The highest BCUT2D eigenvalue weighted by atomic mass is 14.1. The predicted octanol–water partition coefficient (Wildman–Crippen LogP) is 5.20. The minimum atomic E-state index is 0.350. The molecular formula is C14H28. The third-order valence-corrected chi connectivity index (χ3v) is 2.63. The first kappa shape index (κ1) is 13.7. The molecule has 0 saturated heterocycles. The molecule has 0 aromatic rings. The monoisotopic (exact) mass is 196 g/mol. The van der Waals surface area contributed by atoms with E-state index in [-0.39, 0.29) is 0 Å². The van der Waals surface area contributed by atoms with E-state index in [9.17, 15) is 0 Å². The molecule has 0 nitrogen and oxygen atoms in total. The molecule has 1 atom stereocenters. The van der Waals surface area contributed by atoms with Crippen molar-refractivity contribution in [2.75, 3.05) is 0 Å². The van der Waals surface area contributed by atoms with Crippen molar-refractivity contribution in [1.29, 1.82) is 0 Å². The van der Waals surface area contributed by atoms with Gasteiger partial charge in [-0.05, 0) is 17.8 Å². The summed E-state index contributed by atoms with van der Waals surface area (Å²) in [5.74, 6) is 0.911. The molecular weight excluding hydrogens is 168 g/mol. The summed E-state index contributed by atoms with van der Waals surface area (Å²) in [4.78, 5) is 0. The predicted molar refractivity (Wildman–Crippen MR) is 66.5 cm³/mol. The Hall–Kier alpha value is -0.260. The highest BCUT2D eigenvalue weighted by Gasteiger charge is 2.06. The highest BCUT2D eigenvalue weighted by Crippen LogP contribution is 2.20. The van der Waals surface area contributed by atoms with Crippen LogP contribution < -0.4 is 0 Å². The zero-order chi connectivity index (χ0) is 11.0. The van der Waals surface area contributed by atoms with Crippen molar-refractivity contribution in [3.05, 3.63) is 12.2 Å². The third kappa shape index (κ3) is 8.34. The molecule has 0 amide bonds. The van der Waals surface area contributed by atoms with E-state index < -0.39 is 0 Å². The molecule has 0 aliphatic carbocycles. The van der Waals surface area contributed by atoms with Crippen molar-refractivity contribution in [3.63, 3.8) is 0 Å². The summed E-state index contributed by atoms with van der Waals surface area (Å²) in [5.41, 5.74) is 0.350. The summed E-state index contributed by atoms with van der Waals surface area (Å²) < 4.78 is 0. The lowest BCUT2D eigenvalue weighted by molar-refractivity contribution is 0.452. The Morgan fingerprint density at radius 1 is 1.14 bits per heavy atom. The van der Waals surface area contributed by atoms with Crippen molar-refractivity contribution < 1.29 is 0 Å². The Bertz CT molecular complexity index is 148. The van der Waals surface area contributed by atoms with Gasteiger partial charge in [-0.2, -0.15) is 0 Å². The van der Waals surface area contributed by atoms with Crippen LogP contribution in [0.5, 0.6) is 0 Å². The molecule has 0 aromatic carbocycles. The lowest BCUT2D eigenvalue weighted by atomic mass is 9.92. The minimum absolute atomic E-state index is 0.350. The summed E-state index contributed by atoms with van der Waals surface area (Å²) >= 11 is 0. The van der Waals surface area contributed by atoms with Crippen LogP contribution in [-0.2, 0) is 0 Å². The van der Waals surface area contributed by atoms with Gasteiger partial charge in [0.2, 0.25) is 0 Å². The van der Waals surface area contributed by atoms with Crippen LogP contribution in [0.4, 0.5) is 0 Å². The largest absolute Gasteiger partial charge is 0.0877 e. The first-order chi connectivity index (χ1) is 6.49. The SMILES string of the molecule is CCCCC(CC)CC=CC(C)(C)C. The fraction of sp³-hybridized carbons (Fsp3) is 0.857. The normalized spacial score (nSPS) is 14.9. The molecule has 0 N–H and O–H groups in total. The molecule has 0 fully saturated rings. The first-order valence-electron chi connectivity index (χ1n) is 6.17. The van der Waals surface area contributed by atoms with Crippen LogP contribution in [0.3, 0.4) is 0 Å². The summed E-state index contributed by atoms with van der Waals surface area (Å²) in [7, 11) is 0. The van der Waals surface area contributed by atoms with Crippen molar-refractivity contribution in [1.82, 2.24) is 0 Å². The van der Waals surface area contributed by atoms with E-state index in [1.54, 1.807) is 0 Å². The Labute approximate surface area is 90.8 Å². The van der Waals surface area contributed by atoms with Gasteiger partial charge in [0.05, 0.1) is 0 Å². The van der Waals surface area contributed by atoms with Gasteiger partial charge in [0.15, 0.2) is 0 Å². The Kier molecular flexibility index (Phi) is 6.96. The van der Waals surface area contributed by atoms with Crippen LogP contribution in [0.2, 0.25) is 0 Å². The van der Waals surface area contributed by atoms with E-state index in [1.807, 2.05) is 0 Å². The number of unbranched alkanes of at least 4 members (excludes halogenated alkanes) is 1. The van der Waals surface area contributed by atoms with Gasteiger partial charge in [-0.25, -0.2) is 0 Å². The zero-order valence-corrected chi connectivity index (χ0v) is 10.8. The Morgan fingerprint density at radius 3 is 2.21 bits per heavy atom. The molecule has 0 aliphatic heterocycles. The maximum Gasteiger partial charge on any atom is -0.0203 e. The average molecular weight is 196 g/mol. The first-order valence-corrected chi connectivity index (χ1v) is 6.17. The summed E-state index contributed by atoms with van der Waals surface area (Å²) in [6, 6.07) is 0. The number of rotatable bonds is 6. The molecule has 84 valence electrons. The van der Waals surface area contributed by atoms with Crippen LogP contribution in [0, 0.1) is 11.3 Å². The molecule has 14 heavy (non-hydrogen) atoms. The van der Waals surface area contributed by atoms with Gasteiger partial charge in [-0.3, -0.25) is 0 Å². The van der Waals surface area contributed by atoms with E-state index in [0.717, 1.165) is 5.92 Å². The van der Waals surface area contributed by atoms with E-state index in [1.165, 1.54) is 32.1 Å². The van der Waals surface area contributed by atoms with Crippen molar-refractivity contribution >= 4 is 0 Å². The zero-order valence-electron chi connectivity index (χ0n) is 10.8. The summed E-state index contributed by atoms with van der Waals surface area (Å²) in [5, 5.41) is 0. The van der Waals surface area contributed by atoms with Gasteiger partial charge in [-0.15, -0.1) is 0 Å². The molecule has 0 spiro atoms.